The van der Waals surface area contributed by atoms with E-state index in [9.17, 15) is 4.39 Å². The van der Waals surface area contributed by atoms with Crippen molar-refractivity contribution >= 4 is 0 Å². The van der Waals surface area contributed by atoms with E-state index >= 15 is 0 Å². The Bertz CT molecular complexity index is 349. The molecular weight excluding hydrogens is 201 g/mol. The van der Waals surface area contributed by atoms with Crippen molar-refractivity contribution in [3.63, 3.8) is 0 Å². The molecule has 1 aromatic carbocycles. The van der Waals surface area contributed by atoms with Crippen molar-refractivity contribution in [1.29, 1.82) is 0 Å². The molecule has 0 saturated heterocycles. The summed E-state index contributed by atoms with van der Waals surface area (Å²) >= 11 is 0. The molecular formula is C14H22FN. The standard InChI is InChI=1S/C14H22FN/c1-5-14(3,10-16-4)9-12-8-13(15)7-6-11(12)2/h6-8,16H,5,9-10H2,1-4H3. The second kappa shape index (κ2) is 5.44. The Morgan fingerprint density at radius 1 is 1.38 bits per heavy atom. The lowest BCUT2D eigenvalue weighted by Gasteiger charge is -2.28. The van der Waals surface area contributed by atoms with Gasteiger partial charge in [0.15, 0.2) is 0 Å². The lowest BCUT2D eigenvalue weighted by molar-refractivity contribution is 0.298. The Balaban J connectivity index is 2.89. The van der Waals surface area contributed by atoms with Crippen LogP contribution in [0.15, 0.2) is 18.2 Å². The molecule has 0 amide bonds. The van der Waals surface area contributed by atoms with Crippen LogP contribution in [0.1, 0.15) is 31.4 Å². The normalized spacial score (nSPS) is 14.8. The van der Waals surface area contributed by atoms with Gasteiger partial charge in [-0.25, -0.2) is 4.39 Å². The summed E-state index contributed by atoms with van der Waals surface area (Å²) in [6, 6.07) is 5.05. The molecule has 0 radical (unpaired) electrons. The molecule has 0 saturated carbocycles. The average Bonchev–Trinajstić information content (AvgIpc) is 2.24. The maximum absolute atomic E-state index is 13.2. The van der Waals surface area contributed by atoms with Gasteiger partial charge in [0.05, 0.1) is 0 Å². The van der Waals surface area contributed by atoms with E-state index in [2.05, 4.69) is 19.2 Å². The molecule has 1 unspecified atom stereocenters. The Morgan fingerprint density at radius 3 is 2.62 bits per heavy atom. The molecule has 1 nitrogen and oxygen atoms in total. The monoisotopic (exact) mass is 223 g/mol. The van der Waals surface area contributed by atoms with Gasteiger partial charge in [0.25, 0.3) is 0 Å². The van der Waals surface area contributed by atoms with E-state index in [0.29, 0.717) is 0 Å². The molecule has 0 aliphatic rings. The van der Waals surface area contributed by atoms with E-state index in [1.54, 1.807) is 6.07 Å². The molecule has 0 spiro atoms. The van der Waals surface area contributed by atoms with Crippen molar-refractivity contribution in [2.45, 2.75) is 33.6 Å². The molecule has 0 bridgehead atoms. The number of halogens is 1. The zero-order valence-electron chi connectivity index (χ0n) is 10.7. The van der Waals surface area contributed by atoms with E-state index in [1.807, 2.05) is 20.0 Å². The van der Waals surface area contributed by atoms with Crippen LogP contribution in [0.5, 0.6) is 0 Å². The number of hydrogen-bond acceptors (Lipinski definition) is 1. The predicted octanol–water partition coefficient (Wildman–Crippen LogP) is 3.31. The fourth-order valence-electron chi connectivity index (χ4n) is 2.03. The minimum atomic E-state index is -0.136. The Labute approximate surface area is 98.1 Å². The minimum Gasteiger partial charge on any atom is -0.319 e. The number of aryl methyl sites for hydroxylation is 1. The largest absolute Gasteiger partial charge is 0.319 e. The second-order valence-corrected chi connectivity index (χ2v) is 4.94. The first kappa shape index (κ1) is 13.2. The molecule has 0 fully saturated rings. The third kappa shape index (κ3) is 3.31. The van der Waals surface area contributed by atoms with Gasteiger partial charge >= 0.3 is 0 Å². The van der Waals surface area contributed by atoms with Gasteiger partial charge in [0, 0.05) is 6.54 Å². The molecule has 0 aliphatic heterocycles. The van der Waals surface area contributed by atoms with Gasteiger partial charge in [0.2, 0.25) is 0 Å². The summed E-state index contributed by atoms with van der Waals surface area (Å²) in [5.41, 5.74) is 2.50. The molecule has 1 aromatic rings. The first-order valence-electron chi connectivity index (χ1n) is 5.90. The summed E-state index contributed by atoms with van der Waals surface area (Å²) < 4.78 is 13.2. The molecule has 90 valence electrons. The van der Waals surface area contributed by atoms with Gasteiger partial charge in [-0.1, -0.05) is 19.9 Å². The van der Waals surface area contributed by atoms with Crippen molar-refractivity contribution < 1.29 is 4.39 Å². The summed E-state index contributed by atoms with van der Waals surface area (Å²) in [5, 5.41) is 3.22. The first-order chi connectivity index (χ1) is 7.50. The highest BCUT2D eigenvalue weighted by Gasteiger charge is 2.22. The molecule has 2 heteroatoms. The number of rotatable bonds is 5. The van der Waals surface area contributed by atoms with Crippen molar-refractivity contribution in [2.75, 3.05) is 13.6 Å². The van der Waals surface area contributed by atoms with Crippen LogP contribution in [0, 0.1) is 18.2 Å². The average molecular weight is 223 g/mol. The van der Waals surface area contributed by atoms with Crippen LogP contribution in [-0.2, 0) is 6.42 Å². The van der Waals surface area contributed by atoms with E-state index in [1.165, 1.54) is 11.6 Å². The smallest absolute Gasteiger partial charge is 0.123 e. The molecule has 0 aromatic heterocycles. The second-order valence-electron chi connectivity index (χ2n) is 4.94. The zero-order valence-corrected chi connectivity index (χ0v) is 10.7. The van der Waals surface area contributed by atoms with Crippen LogP contribution < -0.4 is 5.32 Å². The zero-order chi connectivity index (χ0) is 12.2. The Kier molecular flexibility index (Phi) is 4.48. The predicted molar refractivity (Wildman–Crippen MR) is 67.2 cm³/mol. The molecule has 1 rings (SSSR count). The van der Waals surface area contributed by atoms with E-state index in [0.717, 1.165) is 24.9 Å². The Hall–Kier alpha value is -0.890. The topological polar surface area (TPSA) is 12.0 Å². The Morgan fingerprint density at radius 2 is 2.06 bits per heavy atom. The van der Waals surface area contributed by atoms with Gasteiger partial charge in [-0.15, -0.1) is 0 Å². The van der Waals surface area contributed by atoms with Crippen LogP contribution in [-0.4, -0.2) is 13.6 Å². The van der Waals surface area contributed by atoms with Crippen molar-refractivity contribution in [2.24, 2.45) is 5.41 Å². The van der Waals surface area contributed by atoms with Gasteiger partial charge < -0.3 is 5.32 Å². The SMILES string of the molecule is CCC(C)(CNC)Cc1cc(F)ccc1C. The molecule has 16 heavy (non-hydrogen) atoms. The first-order valence-corrected chi connectivity index (χ1v) is 5.90. The van der Waals surface area contributed by atoms with Crippen molar-refractivity contribution in [1.82, 2.24) is 5.32 Å². The van der Waals surface area contributed by atoms with Crippen LogP contribution in [0.4, 0.5) is 4.39 Å². The fraction of sp³-hybridized carbons (Fsp3) is 0.571. The third-order valence-electron chi connectivity index (χ3n) is 3.39. The highest BCUT2D eigenvalue weighted by molar-refractivity contribution is 5.27. The summed E-state index contributed by atoms with van der Waals surface area (Å²) in [4.78, 5) is 0. The molecule has 0 aliphatic carbocycles. The van der Waals surface area contributed by atoms with E-state index < -0.39 is 0 Å². The van der Waals surface area contributed by atoms with Gasteiger partial charge in [-0.2, -0.15) is 0 Å². The molecule has 1 N–H and O–H groups in total. The van der Waals surface area contributed by atoms with Crippen molar-refractivity contribution in [3.8, 4) is 0 Å². The summed E-state index contributed by atoms with van der Waals surface area (Å²) in [6.07, 6.45) is 2.01. The lowest BCUT2D eigenvalue weighted by atomic mass is 9.80. The van der Waals surface area contributed by atoms with Crippen LogP contribution in [0.3, 0.4) is 0 Å². The van der Waals surface area contributed by atoms with E-state index in [-0.39, 0.29) is 11.2 Å². The molecule has 0 heterocycles. The van der Waals surface area contributed by atoms with Crippen molar-refractivity contribution in [3.05, 3.63) is 35.1 Å². The summed E-state index contributed by atoms with van der Waals surface area (Å²) in [5.74, 6) is -0.136. The maximum atomic E-state index is 13.2. The summed E-state index contributed by atoms with van der Waals surface area (Å²) in [7, 11) is 1.96. The van der Waals surface area contributed by atoms with Crippen LogP contribution in [0.25, 0.3) is 0 Å². The molecule has 1 atom stereocenters. The van der Waals surface area contributed by atoms with E-state index in [4.69, 9.17) is 0 Å². The highest BCUT2D eigenvalue weighted by atomic mass is 19.1. The minimum absolute atomic E-state index is 0.136. The number of nitrogens with one attached hydrogen (secondary N) is 1. The lowest BCUT2D eigenvalue weighted by Crippen LogP contribution is -2.31. The van der Waals surface area contributed by atoms with Gasteiger partial charge in [-0.05, 0) is 55.5 Å². The highest BCUT2D eigenvalue weighted by Crippen LogP contribution is 2.27. The van der Waals surface area contributed by atoms with Crippen LogP contribution >= 0.6 is 0 Å². The van der Waals surface area contributed by atoms with Gasteiger partial charge in [-0.3, -0.25) is 0 Å². The maximum Gasteiger partial charge on any atom is 0.123 e. The van der Waals surface area contributed by atoms with Gasteiger partial charge in [0.1, 0.15) is 5.82 Å². The quantitative estimate of drug-likeness (QED) is 0.807. The number of hydrogen-bond donors (Lipinski definition) is 1. The summed E-state index contributed by atoms with van der Waals surface area (Å²) in [6.45, 7) is 7.43. The van der Waals surface area contributed by atoms with Crippen LogP contribution in [0.2, 0.25) is 0 Å². The number of benzene rings is 1. The fourth-order valence-corrected chi connectivity index (χ4v) is 2.03. The third-order valence-corrected chi connectivity index (χ3v) is 3.39.